The number of anilines is 1. The number of halogens is 1. The van der Waals surface area contributed by atoms with Crippen LogP contribution in [0.15, 0.2) is 48.7 Å². The third-order valence-corrected chi connectivity index (χ3v) is 8.14. The fourth-order valence-corrected chi connectivity index (χ4v) is 6.08. The van der Waals surface area contributed by atoms with Gasteiger partial charge in [-0.3, -0.25) is 9.69 Å². The number of thiazole rings is 1. The lowest BCUT2D eigenvalue weighted by molar-refractivity contribution is -0.118. The number of nitrogens with zero attached hydrogens (tertiary/aromatic N) is 2. The number of aromatic nitrogens is 1. The first kappa shape index (κ1) is 21.0. The number of benzene rings is 2. The van der Waals surface area contributed by atoms with Crippen LogP contribution >= 0.6 is 22.9 Å². The highest BCUT2D eigenvalue weighted by Crippen LogP contribution is 2.51. The van der Waals surface area contributed by atoms with Gasteiger partial charge in [0, 0.05) is 16.1 Å². The molecular formula is C25H24ClN3O3S. The maximum absolute atomic E-state index is 13.3. The van der Waals surface area contributed by atoms with E-state index in [1.165, 1.54) is 24.2 Å². The molecule has 2 fully saturated rings. The summed E-state index contributed by atoms with van der Waals surface area (Å²) in [7, 11) is 0. The van der Waals surface area contributed by atoms with E-state index in [1.807, 2.05) is 42.6 Å². The molecule has 0 bridgehead atoms. The Hall–Kier alpha value is -2.61. The Bertz CT molecular complexity index is 1200. The standard InChI is InChI=1S/C25H24ClN3O3S/c26-18-6-2-1-5-17(18)22(29-11-3-4-12-29)21-14-27-24(33-21)28-23(30)25(9-10-25)16-7-8-19-20(13-16)32-15-31-19/h1-2,5-8,13-14,22H,3-4,9-12,15H2,(H,27,28,30)/t22-/m1/s1. The van der Waals surface area contributed by atoms with Crippen LogP contribution in [-0.2, 0) is 10.2 Å². The minimum absolute atomic E-state index is 0.0160. The van der Waals surface area contributed by atoms with Gasteiger partial charge in [-0.05, 0) is 68.1 Å². The molecule has 1 aromatic heterocycles. The van der Waals surface area contributed by atoms with Gasteiger partial charge in [-0.25, -0.2) is 4.98 Å². The summed E-state index contributed by atoms with van der Waals surface area (Å²) in [5.41, 5.74) is 1.53. The molecule has 1 aliphatic carbocycles. The SMILES string of the molecule is O=C(Nc1ncc([C@@H](c2ccccc2Cl)N2CCCC2)s1)C1(c2ccc3c(c2)OCO3)CC1. The Morgan fingerprint density at radius 2 is 1.91 bits per heavy atom. The molecule has 3 heterocycles. The lowest BCUT2D eigenvalue weighted by atomic mass is 9.94. The minimum Gasteiger partial charge on any atom is -0.454 e. The van der Waals surface area contributed by atoms with Gasteiger partial charge in [0.05, 0.1) is 11.5 Å². The Balaban J connectivity index is 1.25. The lowest BCUT2D eigenvalue weighted by Crippen LogP contribution is -2.27. The zero-order chi connectivity index (χ0) is 22.4. The first-order valence-electron chi connectivity index (χ1n) is 11.3. The molecule has 0 unspecified atom stereocenters. The fraction of sp³-hybridized carbons (Fsp3) is 0.360. The van der Waals surface area contributed by atoms with Gasteiger partial charge in [-0.15, -0.1) is 0 Å². The average Bonchev–Trinajstić information content (AvgIpc) is 3.19. The van der Waals surface area contributed by atoms with E-state index < -0.39 is 5.41 Å². The van der Waals surface area contributed by atoms with E-state index in [9.17, 15) is 4.79 Å². The van der Waals surface area contributed by atoms with E-state index in [-0.39, 0.29) is 18.7 Å². The number of carbonyl (C=O) groups excluding carboxylic acids is 1. The van der Waals surface area contributed by atoms with Crippen LogP contribution in [0.25, 0.3) is 0 Å². The maximum Gasteiger partial charge on any atom is 0.236 e. The van der Waals surface area contributed by atoms with Crippen molar-refractivity contribution in [1.82, 2.24) is 9.88 Å². The largest absolute Gasteiger partial charge is 0.454 e. The average molecular weight is 482 g/mol. The van der Waals surface area contributed by atoms with Crippen LogP contribution in [0.5, 0.6) is 11.5 Å². The van der Waals surface area contributed by atoms with E-state index in [1.54, 1.807) is 0 Å². The minimum atomic E-state index is -0.524. The maximum atomic E-state index is 13.3. The van der Waals surface area contributed by atoms with Gasteiger partial charge in [-0.1, -0.05) is 47.2 Å². The molecule has 1 amide bonds. The van der Waals surface area contributed by atoms with Gasteiger partial charge in [0.2, 0.25) is 12.7 Å². The molecule has 0 radical (unpaired) electrons. The number of likely N-dealkylation sites (tertiary alicyclic amines) is 1. The fourth-order valence-electron chi connectivity index (χ4n) is 4.88. The van der Waals surface area contributed by atoms with E-state index in [0.29, 0.717) is 10.9 Å². The number of carbonyl (C=O) groups is 1. The number of amides is 1. The summed E-state index contributed by atoms with van der Waals surface area (Å²) < 4.78 is 10.9. The molecule has 3 aliphatic rings. The highest BCUT2D eigenvalue weighted by atomic mass is 35.5. The van der Waals surface area contributed by atoms with Gasteiger partial charge in [0.1, 0.15) is 0 Å². The smallest absolute Gasteiger partial charge is 0.236 e. The molecule has 33 heavy (non-hydrogen) atoms. The zero-order valence-electron chi connectivity index (χ0n) is 18.1. The Morgan fingerprint density at radius 3 is 2.70 bits per heavy atom. The van der Waals surface area contributed by atoms with E-state index in [2.05, 4.69) is 21.3 Å². The molecule has 1 saturated heterocycles. The van der Waals surface area contributed by atoms with Crippen molar-refractivity contribution in [3.8, 4) is 11.5 Å². The second-order valence-electron chi connectivity index (χ2n) is 8.84. The molecule has 0 spiro atoms. The molecule has 3 aromatic rings. The van der Waals surface area contributed by atoms with Gasteiger partial charge >= 0.3 is 0 Å². The molecular weight excluding hydrogens is 458 g/mol. The van der Waals surface area contributed by atoms with Crippen LogP contribution in [0, 0.1) is 0 Å². The predicted octanol–water partition coefficient (Wildman–Crippen LogP) is 5.38. The number of nitrogens with one attached hydrogen (secondary N) is 1. The second-order valence-corrected chi connectivity index (χ2v) is 10.3. The molecule has 1 saturated carbocycles. The summed E-state index contributed by atoms with van der Waals surface area (Å²) in [5, 5.41) is 4.47. The number of hydrogen-bond donors (Lipinski definition) is 1. The van der Waals surface area contributed by atoms with Crippen LogP contribution < -0.4 is 14.8 Å². The van der Waals surface area contributed by atoms with E-state index in [0.717, 1.165) is 52.7 Å². The molecule has 170 valence electrons. The normalized spacial score (nSPS) is 19.4. The van der Waals surface area contributed by atoms with Crippen LogP contribution in [0.4, 0.5) is 5.13 Å². The molecule has 1 atom stereocenters. The molecule has 2 aromatic carbocycles. The zero-order valence-corrected chi connectivity index (χ0v) is 19.6. The van der Waals surface area contributed by atoms with Crippen LogP contribution in [-0.4, -0.2) is 35.7 Å². The molecule has 8 heteroatoms. The van der Waals surface area contributed by atoms with Crippen molar-refractivity contribution in [2.24, 2.45) is 0 Å². The highest BCUT2D eigenvalue weighted by Gasteiger charge is 2.52. The number of ether oxygens (including phenoxy) is 2. The Morgan fingerprint density at radius 1 is 1.12 bits per heavy atom. The van der Waals surface area contributed by atoms with Gasteiger partial charge in [-0.2, -0.15) is 0 Å². The van der Waals surface area contributed by atoms with Crippen LogP contribution in [0.2, 0.25) is 5.02 Å². The predicted molar refractivity (Wildman–Crippen MR) is 128 cm³/mol. The quantitative estimate of drug-likeness (QED) is 0.512. The van der Waals surface area contributed by atoms with Crippen molar-refractivity contribution in [2.75, 3.05) is 25.2 Å². The third-order valence-electron chi connectivity index (χ3n) is 6.83. The van der Waals surface area contributed by atoms with Crippen molar-refractivity contribution in [2.45, 2.75) is 37.1 Å². The van der Waals surface area contributed by atoms with Gasteiger partial charge in [0.25, 0.3) is 0 Å². The summed E-state index contributed by atoms with van der Waals surface area (Å²) in [6.07, 6.45) is 5.87. The Kier molecular flexibility index (Phi) is 5.28. The summed E-state index contributed by atoms with van der Waals surface area (Å²) in [6, 6.07) is 13.8. The number of rotatable bonds is 6. The van der Waals surface area contributed by atoms with Crippen molar-refractivity contribution in [3.63, 3.8) is 0 Å². The number of hydrogen-bond acceptors (Lipinski definition) is 6. The van der Waals surface area contributed by atoms with Crippen molar-refractivity contribution in [3.05, 3.63) is 69.7 Å². The van der Waals surface area contributed by atoms with Gasteiger partial charge in [0.15, 0.2) is 16.6 Å². The van der Waals surface area contributed by atoms with Crippen molar-refractivity contribution in [1.29, 1.82) is 0 Å². The topological polar surface area (TPSA) is 63.7 Å². The molecule has 6 rings (SSSR count). The van der Waals surface area contributed by atoms with Crippen molar-refractivity contribution >= 4 is 34.0 Å². The third kappa shape index (κ3) is 3.78. The monoisotopic (exact) mass is 481 g/mol. The molecule has 6 nitrogen and oxygen atoms in total. The van der Waals surface area contributed by atoms with Gasteiger partial charge < -0.3 is 14.8 Å². The van der Waals surface area contributed by atoms with E-state index >= 15 is 0 Å². The highest BCUT2D eigenvalue weighted by molar-refractivity contribution is 7.15. The van der Waals surface area contributed by atoms with Crippen molar-refractivity contribution < 1.29 is 14.3 Å². The lowest BCUT2D eigenvalue weighted by Gasteiger charge is -2.27. The molecule has 2 aliphatic heterocycles. The van der Waals surface area contributed by atoms with E-state index in [4.69, 9.17) is 21.1 Å². The second kappa shape index (κ2) is 8.31. The summed E-state index contributed by atoms with van der Waals surface area (Å²) >= 11 is 8.11. The summed E-state index contributed by atoms with van der Waals surface area (Å²) in [6.45, 7) is 2.29. The molecule has 1 N–H and O–H groups in total. The summed E-state index contributed by atoms with van der Waals surface area (Å²) in [4.78, 5) is 21.4. The number of fused-ring (bicyclic) bond motifs is 1. The first-order valence-corrected chi connectivity index (χ1v) is 12.5. The van der Waals surface area contributed by atoms with Crippen LogP contribution in [0.1, 0.15) is 47.7 Å². The summed E-state index contributed by atoms with van der Waals surface area (Å²) in [5.74, 6) is 1.42. The van der Waals surface area contributed by atoms with Crippen LogP contribution in [0.3, 0.4) is 0 Å². The Labute approximate surface area is 201 Å². The first-order chi connectivity index (χ1) is 16.1.